The number of ether oxygens (including phenoxy) is 1. The third-order valence-corrected chi connectivity index (χ3v) is 4.77. The molecule has 6 heteroatoms. The zero-order chi connectivity index (χ0) is 18.1. The molecule has 5 nitrogen and oxygen atoms in total. The number of hydrogen-bond acceptors (Lipinski definition) is 6. The minimum Gasteiger partial charge on any atom is -0.460 e. The predicted octanol–water partition coefficient (Wildman–Crippen LogP) is 4.93. The Morgan fingerprint density at radius 1 is 1.15 bits per heavy atom. The van der Waals surface area contributed by atoms with Crippen LogP contribution in [0.2, 0.25) is 0 Å². The van der Waals surface area contributed by atoms with Crippen molar-refractivity contribution in [2.75, 3.05) is 0 Å². The Balaban J connectivity index is 1.71. The van der Waals surface area contributed by atoms with E-state index in [4.69, 9.17) is 9.15 Å². The van der Waals surface area contributed by atoms with E-state index in [0.29, 0.717) is 17.0 Å². The Bertz CT molecular complexity index is 1100. The number of hydrogen-bond donors (Lipinski definition) is 0. The largest absolute Gasteiger partial charge is 0.460 e. The third-order valence-electron chi connectivity index (χ3n) is 3.95. The van der Waals surface area contributed by atoms with E-state index in [9.17, 15) is 4.79 Å². The van der Waals surface area contributed by atoms with Crippen LogP contribution >= 0.6 is 11.3 Å². The van der Waals surface area contributed by atoms with Gasteiger partial charge in [-0.15, -0.1) is 11.3 Å². The second-order valence-corrected chi connectivity index (χ2v) is 6.98. The molecule has 130 valence electrons. The van der Waals surface area contributed by atoms with Crippen LogP contribution < -0.4 is 0 Å². The van der Waals surface area contributed by atoms with E-state index < -0.39 is 5.97 Å². The highest BCUT2D eigenvalue weighted by Gasteiger charge is 2.17. The topological polar surface area (TPSA) is 65.2 Å². The molecule has 0 spiro atoms. The molecule has 4 aromatic rings. The Morgan fingerprint density at radius 3 is 2.73 bits per heavy atom. The summed E-state index contributed by atoms with van der Waals surface area (Å²) in [6.07, 6.45) is 0. The van der Waals surface area contributed by atoms with Gasteiger partial charge >= 0.3 is 5.97 Å². The number of para-hydroxylation sites is 1. The summed E-state index contributed by atoms with van der Waals surface area (Å²) in [5.74, 6) is 1.01. The molecule has 0 atom stereocenters. The number of carbonyl (C=O) groups is 1. The van der Waals surface area contributed by atoms with Crippen LogP contribution in [0.4, 0.5) is 0 Å². The van der Waals surface area contributed by atoms with Crippen molar-refractivity contribution in [2.45, 2.75) is 20.5 Å². The number of furan rings is 1. The number of pyridine rings is 1. The van der Waals surface area contributed by atoms with Crippen LogP contribution in [0.25, 0.3) is 22.4 Å². The molecule has 0 saturated heterocycles. The van der Waals surface area contributed by atoms with Gasteiger partial charge in [-0.3, -0.25) is 0 Å². The zero-order valence-electron chi connectivity index (χ0n) is 14.4. The molecule has 0 amide bonds. The lowest BCUT2D eigenvalue weighted by molar-refractivity contribution is 0.0470. The first-order valence-corrected chi connectivity index (χ1v) is 9.03. The number of fused-ring (bicyclic) bond motifs is 1. The molecule has 0 fully saturated rings. The van der Waals surface area contributed by atoms with Crippen molar-refractivity contribution in [1.82, 2.24) is 9.97 Å². The third kappa shape index (κ3) is 3.23. The van der Waals surface area contributed by atoms with Crippen molar-refractivity contribution in [3.05, 3.63) is 69.9 Å². The highest BCUT2D eigenvalue weighted by Crippen LogP contribution is 2.27. The molecule has 3 aromatic heterocycles. The van der Waals surface area contributed by atoms with Crippen molar-refractivity contribution >= 4 is 28.2 Å². The summed E-state index contributed by atoms with van der Waals surface area (Å²) >= 11 is 1.53. The zero-order valence-corrected chi connectivity index (χ0v) is 15.2. The van der Waals surface area contributed by atoms with Crippen LogP contribution in [-0.2, 0) is 11.3 Å². The van der Waals surface area contributed by atoms with Gasteiger partial charge in [-0.25, -0.2) is 14.8 Å². The number of esters is 1. The molecule has 3 heterocycles. The van der Waals surface area contributed by atoms with Crippen molar-refractivity contribution in [3.8, 4) is 11.5 Å². The van der Waals surface area contributed by atoms with Gasteiger partial charge < -0.3 is 9.15 Å². The average molecular weight is 364 g/mol. The fourth-order valence-electron chi connectivity index (χ4n) is 2.73. The van der Waals surface area contributed by atoms with Crippen LogP contribution in [0.15, 0.2) is 52.3 Å². The predicted molar refractivity (Wildman–Crippen MR) is 100 cm³/mol. The minimum atomic E-state index is -0.404. The maximum absolute atomic E-state index is 12.7. The van der Waals surface area contributed by atoms with Gasteiger partial charge in [0.25, 0.3) is 0 Å². The quantitative estimate of drug-likeness (QED) is 0.481. The maximum Gasteiger partial charge on any atom is 0.339 e. The molecule has 0 saturated carbocycles. The van der Waals surface area contributed by atoms with Crippen molar-refractivity contribution in [1.29, 1.82) is 0 Å². The molecule has 0 radical (unpaired) electrons. The van der Waals surface area contributed by atoms with Gasteiger partial charge in [-0.1, -0.05) is 18.2 Å². The summed E-state index contributed by atoms with van der Waals surface area (Å²) in [7, 11) is 0. The summed E-state index contributed by atoms with van der Waals surface area (Å²) in [6, 6.07) is 12.9. The molecule has 4 rings (SSSR count). The summed E-state index contributed by atoms with van der Waals surface area (Å²) < 4.78 is 11.1. The summed E-state index contributed by atoms with van der Waals surface area (Å²) in [5, 5.41) is 3.59. The van der Waals surface area contributed by atoms with E-state index >= 15 is 0 Å². The van der Waals surface area contributed by atoms with Crippen molar-refractivity contribution in [2.24, 2.45) is 0 Å². The lowest BCUT2D eigenvalue weighted by atomic mass is 10.1. The number of nitrogens with zero attached hydrogens (tertiary/aromatic N) is 2. The fraction of sp³-hybridized carbons (Fsp3) is 0.150. The van der Waals surface area contributed by atoms with Crippen LogP contribution in [0.3, 0.4) is 0 Å². The number of aromatic nitrogens is 2. The molecule has 0 N–H and O–H groups in total. The fourth-order valence-corrected chi connectivity index (χ4v) is 3.33. The van der Waals surface area contributed by atoms with Crippen LogP contribution in [0, 0.1) is 13.8 Å². The molecule has 0 aliphatic rings. The molecular formula is C20H16N2O3S. The van der Waals surface area contributed by atoms with Gasteiger partial charge in [0.05, 0.1) is 21.8 Å². The lowest BCUT2D eigenvalue weighted by Crippen LogP contribution is -2.07. The molecule has 26 heavy (non-hydrogen) atoms. The van der Waals surface area contributed by atoms with E-state index in [1.807, 2.05) is 55.6 Å². The second kappa shape index (κ2) is 6.72. The SMILES string of the molecule is Cc1ccc(-c2cc(C(=O)OCc3csc(C)n3)c3ccccc3n2)o1. The normalized spacial score (nSPS) is 11.0. The number of thiazole rings is 1. The Labute approximate surface area is 154 Å². The van der Waals surface area contributed by atoms with Crippen LogP contribution in [0.1, 0.15) is 26.8 Å². The van der Waals surface area contributed by atoms with Gasteiger partial charge in [0.2, 0.25) is 0 Å². The van der Waals surface area contributed by atoms with Crippen molar-refractivity contribution < 1.29 is 13.9 Å². The molecular weight excluding hydrogens is 348 g/mol. The Morgan fingerprint density at radius 2 is 2.00 bits per heavy atom. The lowest BCUT2D eigenvalue weighted by Gasteiger charge is -2.08. The Kier molecular flexibility index (Phi) is 4.26. The van der Waals surface area contributed by atoms with Crippen LogP contribution in [0.5, 0.6) is 0 Å². The van der Waals surface area contributed by atoms with Gasteiger partial charge in [0, 0.05) is 10.8 Å². The molecule has 0 unspecified atom stereocenters. The highest BCUT2D eigenvalue weighted by atomic mass is 32.1. The van der Waals surface area contributed by atoms with E-state index in [1.165, 1.54) is 11.3 Å². The number of aryl methyl sites for hydroxylation is 2. The standard InChI is InChI=1S/C20H16N2O3S/c1-12-7-8-19(25-12)18-9-16(15-5-3-4-6-17(15)22-18)20(23)24-10-14-11-26-13(2)21-14/h3-9,11H,10H2,1-2H3. The van der Waals surface area contributed by atoms with E-state index in [1.54, 1.807) is 6.07 Å². The second-order valence-electron chi connectivity index (χ2n) is 5.92. The number of rotatable bonds is 4. The average Bonchev–Trinajstić information content (AvgIpc) is 3.27. The van der Waals surface area contributed by atoms with Gasteiger partial charge in [-0.2, -0.15) is 0 Å². The molecule has 1 aromatic carbocycles. The first kappa shape index (κ1) is 16.5. The summed E-state index contributed by atoms with van der Waals surface area (Å²) in [6.45, 7) is 3.94. The summed E-state index contributed by atoms with van der Waals surface area (Å²) in [5.41, 5.74) is 2.54. The minimum absolute atomic E-state index is 0.148. The molecule has 0 bridgehead atoms. The van der Waals surface area contributed by atoms with Crippen molar-refractivity contribution in [3.63, 3.8) is 0 Å². The van der Waals surface area contributed by atoms with E-state index in [-0.39, 0.29) is 6.61 Å². The van der Waals surface area contributed by atoms with Gasteiger partial charge in [-0.05, 0) is 38.1 Å². The monoisotopic (exact) mass is 364 g/mol. The van der Waals surface area contributed by atoms with E-state index in [2.05, 4.69) is 9.97 Å². The van der Waals surface area contributed by atoms with Crippen LogP contribution in [-0.4, -0.2) is 15.9 Å². The summed E-state index contributed by atoms with van der Waals surface area (Å²) in [4.78, 5) is 21.7. The maximum atomic E-state index is 12.7. The van der Waals surface area contributed by atoms with Gasteiger partial charge in [0.15, 0.2) is 5.76 Å². The highest BCUT2D eigenvalue weighted by molar-refractivity contribution is 7.09. The first-order chi connectivity index (χ1) is 12.6. The first-order valence-electron chi connectivity index (χ1n) is 8.15. The smallest absolute Gasteiger partial charge is 0.339 e. The number of benzene rings is 1. The van der Waals surface area contributed by atoms with E-state index in [0.717, 1.165) is 27.4 Å². The Hall–Kier alpha value is -2.99. The van der Waals surface area contributed by atoms with Gasteiger partial charge in [0.1, 0.15) is 18.1 Å². The molecule has 0 aliphatic carbocycles. The molecule has 0 aliphatic heterocycles. The number of carbonyl (C=O) groups excluding carboxylic acids is 1.